The molecule has 1 aromatic carbocycles. The SMILES string of the molecule is CCC1CCC(N)C(Oc2ccc(F)cc2)C1. The zero-order valence-electron chi connectivity index (χ0n) is 10.2. The summed E-state index contributed by atoms with van der Waals surface area (Å²) in [6, 6.07) is 6.26. The number of benzene rings is 1. The molecule has 0 bridgehead atoms. The lowest BCUT2D eigenvalue weighted by Crippen LogP contribution is -2.43. The van der Waals surface area contributed by atoms with Gasteiger partial charge in [-0.1, -0.05) is 13.3 Å². The van der Waals surface area contributed by atoms with Crippen molar-refractivity contribution in [2.45, 2.75) is 44.8 Å². The van der Waals surface area contributed by atoms with Gasteiger partial charge in [-0.3, -0.25) is 0 Å². The lowest BCUT2D eigenvalue weighted by Gasteiger charge is -2.33. The average Bonchev–Trinajstić information content (AvgIpc) is 2.35. The van der Waals surface area contributed by atoms with E-state index in [0.717, 1.165) is 12.8 Å². The first-order chi connectivity index (χ1) is 8.19. The molecule has 3 heteroatoms. The summed E-state index contributed by atoms with van der Waals surface area (Å²) in [7, 11) is 0. The third kappa shape index (κ3) is 3.19. The zero-order chi connectivity index (χ0) is 12.3. The molecule has 1 aromatic rings. The van der Waals surface area contributed by atoms with Gasteiger partial charge in [0.2, 0.25) is 0 Å². The average molecular weight is 237 g/mol. The van der Waals surface area contributed by atoms with Crippen LogP contribution >= 0.6 is 0 Å². The summed E-state index contributed by atoms with van der Waals surface area (Å²) in [4.78, 5) is 0. The van der Waals surface area contributed by atoms with E-state index in [9.17, 15) is 4.39 Å². The summed E-state index contributed by atoms with van der Waals surface area (Å²) in [5.41, 5.74) is 6.07. The van der Waals surface area contributed by atoms with Gasteiger partial charge in [0, 0.05) is 6.04 Å². The minimum atomic E-state index is -0.239. The van der Waals surface area contributed by atoms with Gasteiger partial charge in [-0.2, -0.15) is 0 Å². The van der Waals surface area contributed by atoms with Crippen LogP contribution in [0.25, 0.3) is 0 Å². The van der Waals surface area contributed by atoms with Crippen molar-refractivity contribution in [2.24, 2.45) is 11.7 Å². The highest BCUT2D eigenvalue weighted by Gasteiger charge is 2.28. The number of hydrogen-bond donors (Lipinski definition) is 1. The Bertz CT molecular complexity index is 352. The molecule has 0 amide bonds. The van der Waals surface area contributed by atoms with Gasteiger partial charge in [-0.25, -0.2) is 4.39 Å². The van der Waals surface area contributed by atoms with E-state index in [1.165, 1.54) is 25.0 Å². The van der Waals surface area contributed by atoms with E-state index in [1.54, 1.807) is 12.1 Å². The van der Waals surface area contributed by atoms with Gasteiger partial charge in [0.1, 0.15) is 17.7 Å². The predicted octanol–water partition coefficient (Wildman–Crippen LogP) is 3.11. The van der Waals surface area contributed by atoms with Crippen molar-refractivity contribution in [1.29, 1.82) is 0 Å². The maximum Gasteiger partial charge on any atom is 0.123 e. The molecule has 94 valence electrons. The quantitative estimate of drug-likeness (QED) is 0.876. The van der Waals surface area contributed by atoms with Crippen LogP contribution in [0.2, 0.25) is 0 Å². The topological polar surface area (TPSA) is 35.2 Å². The Morgan fingerprint density at radius 1 is 1.29 bits per heavy atom. The van der Waals surface area contributed by atoms with Crippen molar-refractivity contribution >= 4 is 0 Å². The summed E-state index contributed by atoms with van der Waals surface area (Å²) in [6.45, 7) is 2.20. The highest BCUT2D eigenvalue weighted by atomic mass is 19.1. The van der Waals surface area contributed by atoms with E-state index in [2.05, 4.69) is 6.92 Å². The second-order valence-corrected chi connectivity index (χ2v) is 4.86. The molecule has 2 rings (SSSR count). The van der Waals surface area contributed by atoms with E-state index in [4.69, 9.17) is 10.5 Å². The van der Waals surface area contributed by atoms with Crippen LogP contribution in [0.3, 0.4) is 0 Å². The molecule has 17 heavy (non-hydrogen) atoms. The van der Waals surface area contributed by atoms with E-state index in [0.29, 0.717) is 11.7 Å². The van der Waals surface area contributed by atoms with Gasteiger partial charge in [-0.15, -0.1) is 0 Å². The van der Waals surface area contributed by atoms with Crippen molar-refractivity contribution in [1.82, 2.24) is 0 Å². The number of hydrogen-bond acceptors (Lipinski definition) is 2. The van der Waals surface area contributed by atoms with Crippen LogP contribution in [0, 0.1) is 11.7 Å². The summed E-state index contributed by atoms with van der Waals surface area (Å²) >= 11 is 0. The van der Waals surface area contributed by atoms with Crippen LogP contribution in [-0.4, -0.2) is 12.1 Å². The highest BCUT2D eigenvalue weighted by molar-refractivity contribution is 5.22. The molecule has 0 saturated heterocycles. The van der Waals surface area contributed by atoms with Crippen molar-refractivity contribution in [3.8, 4) is 5.75 Å². The van der Waals surface area contributed by atoms with Gasteiger partial charge in [0.15, 0.2) is 0 Å². The smallest absolute Gasteiger partial charge is 0.123 e. The van der Waals surface area contributed by atoms with E-state index in [-0.39, 0.29) is 18.0 Å². The second kappa shape index (κ2) is 5.50. The van der Waals surface area contributed by atoms with E-state index >= 15 is 0 Å². The highest BCUT2D eigenvalue weighted by Crippen LogP contribution is 2.29. The summed E-state index contributed by atoms with van der Waals surface area (Å²) in [6.07, 6.45) is 4.47. The van der Waals surface area contributed by atoms with Crippen LogP contribution < -0.4 is 10.5 Å². The molecule has 1 aliphatic rings. The fourth-order valence-electron chi connectivity index (χ4n) is 2.43. The molecular weight excluding hydrogens is 217 g/mol. The molecule has 1 fully saturated rings. The van der Waals surface area contributed by atoms with Gasteiger partial charge in [0.05, 0.1) is 0 Å². The number of rotatable bonds is 3. The Hall–Kier alpha value is -1.09. The third-order valence-corrected chi connectivity index (χ3v) is 3.63. The van der Waals surface area contributed by atoms with Gasteiger partial charge >= 0.3 is 0 Å². The normalized spacial score (nSPS) is 29.0. The van der Waals surface area contributed by atoms with Crippen molar-refractivity contribution in [3.05, 3.63) is 30.1 Å². The summed E-state index contributed by atoms with van der Waals surface area (Å²) in [5.74, 6) is 1.18. The molecule has 0 aromatic heterocycles. The lowest BCUT2D eigenvalue weighted by atomic mass is 9.83. The molecule has 1 aliphatic carbocycles. The largest absolute Gasteiger partial charge is 0.489 e. The second-order valence-electron chi connectivity index (χ2n) is 4.86. The van der Waals surface area contributed by atoms with Crippen molar-refractivity contribution in [3.63, 3.8) is 0 Å². The molecule has 3 unspecified atom stereocenters. The number of halogens is 1. The first-order valence-corrected chi connectivity index (χ1v) is 6.37. The third-order valence-electron chi connectivity index (χ3n) is 3.63. The van der Waals surface area contributed by atoms with Gasteiger partial charge in [0.25, 0.3) is 0 Å². The fourth-order valence-corrected chi connectivity index (χ4v) is 2.43. The van der Waals surface area contributed by atoms with Crippen molar-refractivity contribution < 1.29 is 9.13 Å². The van der Waals surface area contributed by atoms with Crippen LogP contribution in [0.1, 0.15) is 32.6 Å². The summed E-state index contributed by atoms with van der Waals surface area (Å²) < 4.78 is 18.6. The maximum atomic E-state index is 12.8. The Labute approximate surface area is 102 Å². The van der Waals surface area contributed by atoms with Crippen LogP contribution in [0.5, 0.6) is 5.75 Å². The molecule has 0 heterocycles. The molecule has 1 saturated carbocycles. The standard InChI is InChI=1S/C14H20FNO/c1-2-10-3-8-13(16)14(9-10)17-12-6-4-11(15)5-7-12/h4-7,10,13-14H,2-3,8-9,16H2,1H3. The Balaban J connectivity index is 1.98. The Morgan fingerprint density at radius 2 is 2.00 bits per heavy atom. The van der Waals surface area contributed by atoms with Gasteiger partial charge in [-0.05, 0) is 49.4 Å². The van der Waals surface area contributed by atoms with E-state index < -0.39 is 0 Å². The van der Waals surface area contributed by atoms with E-state index in [1.807, 2.05) is 0 Å². The molecule has 0 aliphatic heterocycles. The van der Waals surface area contributed by atoms with Crippen LogP contribution in [-0.2, 0) is 0 Å². The zero-order valence-corrected chi connectivity index (χ0v) is 10.2. The molecule has 2 N–H and O–H groups in total. The first kappa shape index (κ1) is 12.4. The van der Waals surface area contributed by atoms with Crippen molar-refractivity contribution in [2.75, 3.05) is 0 Å². The van der Waals surface area contributed by atoms with Gasteiger partial charge < -0.3 is 10.5 Å². The summed E-state index contributed by atoms with van der Waals surface area (Å²) in [5, 5.41) is 0. The first-order valence-electron chi connectivity index (χ1n) is 6.37. The number of ether oxygens (including phenoxy) is 1. The predicted molar refractivity (Wildman–Crippen MR) is 66.4 cm³/mol. The fraction of sp³-hybridized carbons (Fsp3) is 0.571. The Morgan fingerprint density at radius 3 is 2.65 bits per heavy atom. The molecule has 2 nitrogen and oxygen atoms in total. The molecule has 0 radical (unpaired) electrons. The lowest BCUT2D eigenvalue weighted by molar-refractivity contribution is 0.101. The molecular formula is C14H20FNO. The van der Waals surface area contributed by atoms with Crippen LogP contribution in [0.15, 0.2) is 24.3 Å². The minimum absolute atomic E-state index is 0.0687. The molecule has 3 atom stereocenters. The minimum Gasteiger partial charge on any atom is -0.489 e. The monoisotopic (exact) mass is 237 g/mol. The Kier molecular flexibility index (Phi) is 4.00. The number of nitrogens with two attached hydrogens (primary N) is 1. The van der Waals surface area contributed by atoms with Crippen LogP contribution in [0.4, 0.5) is 4.39 Å². The molecule has 0 spiro atoms. The maximum absolute atomic E-state index is 12.8.